The van der Waals surface area contributed by atoms with Crippen LogP contribution in [0.4, 0.5) is 13.2 Å². The number of carbonyl (C=O) groups excluding carboxylic acids is 2. The van der Waals surface area contributed by atoms with Gasteiger partial charge in [0.25, 0.3) is 0 Å². The van der Waals surface area contributed by atoms with Crippen LogP contribution in [0, 0.1) is 0 Å². The second-order valence-electron chi connectivity index (χ2n) is 2.35. The number of esters is 2. The summed E-state index contributed by atoms with van der Waals surface area (Å²) in [7, 11) is 0. The zero-order valence-electron chi connectivity index (χ0n) is 6.26. The molecule has 7 heteroatoms. The highest BCUT2D eigenvalue weighted by Crippen LogP contribution is 2.20. The second kappa shape index (κ2) is 3.23. The normalized spacial score (nSPS) is 22.7. The molecule has 1 atom stereocenters. The fraction of sp³-hybridized carbons (Fsp3) is 0.667. The van der Waals surface area contributed by atoms with Gasteiger partial charge in [0, 0.05) is 6.42 Å². The summed E-state index contributed by atoms with van der Waals surface area (Å²) in [5, 5.41) is 0. The van der Waals surface area contributed by atoms with Crippen LogP contribution in [0.2, 0.25) is 0 Å². The molecule has 0 aliphatic carbocycles. The lowest BCUT2D eigenvalue weighted by molar-refractivity contribution is -0.205. The second-order valence-corrected chi connectivity index (χ2v) is 2.35. The van der Waals surface area contributed by atoms with E-state index < -0.39 is 24.2 Å². The number of hydrogen-bond acceptors (Lipinski definition) is 4. The van der Waals surface area contributed by atoms with Gasteiger partial charge in [-0.15, -0.1) is 0 Å². The lowest BCUT2D eigenvalue weighted by Crippen LogP contribution is -2.32. The molecule has 0 amide bonds. The van der Waals surface area contributed by atoms with Crippen LogP contribution < -0.4 is 0 Å². The van der Waals surface area contributed by atoms with Gasteiger partial charge in [-0.25, -0.2) is 9.59 Å². The molecule has 1 rings (SSSR count). The monoisotopic (exact) mass is 198 g/mol. The number of carbonyl (C=O) groups is 2. The summed E-state index contributed by atoms with van der Waals surface area (Å²) in [6, 6.07) is 0. The Morgan fingerprint density at radius 2 is 2.15 bits per heavy atom. The van der Waals surface area contributed by atoms with E-state index in [-0.39, 0.29) is 13.0 Å². The standard InChI is InChI=1S/C6H5F3O4/c7-6(8,9)5(11)13-3-1-2-12-4(3)10/h3H,1-2H2. The number of ether oxygens (including phenoxy) is 2. The molecule has 0 radical (unpaired) electrons. The van der Waals surface area contributed by atoms with Gasteiger partial charge in [0.2, 0.25) is 6.10 Å². The minimum absolute atomic E-state index is 0.0192. The molecule has 0 spiro atoms. The van der Waals surface area contributed by atoms with Crippen molar-refractivity contribution in [3.05, 3.63) is 0 Å². The van der Waals surface area contributed by atoms with E-state index in [1.165, 1.54) is 0 Å². The summed E-state index contributed by atoms with van der Waals surface area (Å²) >= 11 is 0. The van der Waals surface area contributed by atoms with Crippen molar-refractivity contribution in [2.45, 2.75) is 18.7 Å². The van der Waals surface area contributed by atoms with E-state index in [1.807, 2.05) is 0 Å². The molecule has 1 unspecified atom stereocenters. The number of halogens is 3. The molecule has 0 aromatic heterocycles. The van der Waals surface area contributed by atoms with Crippen molar-refractivity contribution in [3.63, 3.8) is 0 Å². The van der Waals surface area contributed by atoms with Gasteiger partial charge in [0.1, 0.15) is 0 Å². The molecule has 1 aliphatic heterocycles. The number of hydrogen-bond donors (Lipinski definition) is 0. The van der Waals surface area contributed by atoms with E-state index >= 15 is 0 Å². The van der Waals surface area contributed by atoms with E-state index in [1.54, 1.807) is 0 Å². The fourth-order valence-electron chi connectivity index (χ4n) is 0.780. The van der Waals surface area contributed by atoms with Gasteiger partial charge in [-0.05, 0) is 0 Å². The number of alkyl halides is 3. The van der Waals surface area contributed by atoms with Gasteiger partial charge in [-0.3, -0.25) is 0 Å². The molecule has 0 N–H and O–H groups in total. The lowest BCUT2D eigenvalue weighted by atomic mass is 10.3. The molecule has 4 nitrogen and oxygen atoms in total. The quantitative estimate of drug-likeness (QED) is 0.572. The first-order valence-electron chi connectivity index (χ1n) is 3.35. The molecule has 0 saturated carbocycles. The van der Waals surface area contributed by atoms with Crippen LogP contribution in [0.25, 0.3) is 0 Å². The Hall–Kier alpha value is -1.27. The molecule has 1 aliphatic rings. The van der Waals surface area contributed by atoms with Crippen molar-refractivity contribution in [1.29, 1.82) is 0 Å². The Balaban J connectivity index is 2.49. The maximum Gasteiger partial charge on any atom is 0.490 e. The molecule has 0 aromatic carbocycles. The first-order valence-corrected chi connectivity index (χ1v) is 3.35. The Morgan fingerprint density at radius 3 is 2.54 bits per heavy atom. The third kappa shape index (κ3) is 2.33. The maximum absolute atomic E-state index is 11.6. The molecular weight excluding hydrogens is 193 g/mol. The predicted octanol–water partition coefficient (Wildman–Crippen LogP) is 0.407. The Labute approximate surface area is 70.6 Å². The van der Waals surface area contributed by atoms with Crippen molar-refractivity contribution in [2.24, 2.45) is 0 Å². The molecule has 1 heterocycles. The van der Waals surface area contributed by atoms with E-state index in [9.17, 15) is 22.8 Å². The Kier molecular flexibility index (Phi) is 2.44. The lowest BCUT2D eigenvalue weighted by Gasteiger charge is -2.09. The minimum atomic E-state index is -5.07. The van der Waals surface area contributed by atoms with Gasteiger partial charge in [-0.1, -0.05) is 0 Å². The first kappa shape index (κ1) is 9.82. The topological polar surface area (TPSA) is 52.6 Å². The third-order valence-electron chi connectivity index (χ3n) is 1.37. The molecule has 13 heavy (non-hydrogen) atoms. The maximum atomic E-state index is 11.6. The van der Waals surface area contributed by atoms with Gasteiger partial charge in [0.15, 0.2) is 0 Å². The van der Waals surface area contributed by atoms with Crippen LogP contribution >= 0.6 is 0 Å². The minimum Gasteiger partial charge on any atom is -0.463 e. The van der Waals surface area contributed by atoms with Crippen molar-refractivity contribution in [3.8, 4) is 0 Å². The van der Waals surface area contributed by atoms with Gasteiger partial charge >= 0.3 is 18.1 Å². The highest BCUT2D eigenvalue weighted by Gasteiger charge is 2.44. The summed E-state index contributed by atoms with van der Waals surface area (Å²) in [5.41, 5.74) is 0. The van der Waals surface area contributed by atoms with E-state index in [0.717, 1.165) is 0 Å². The van der Waals surface area contributed by atoms with Crippen LogP contribution in [0.3, 0.4) is 0 Å². The van der Waals surface area contributed by atoms with Gasteiger partial charge in [-0.2, -0.15) is 13.2 Å². The summed E-state index contributed by atoms with van der Waals surface area (Å²) in [6.07, 6.45) is -6.50. The van der Waals surface area contributed by atoms with Crippen molar-refractivity contribution in [1.82, 2.24) is 0 Å². The summed E-state index contributed by atoms with van der Waals surface area (Å²) in [6.45, 7) is -0.0192. The van der Waals surface area contributed by atoms with Crippen LogP contribution in [0.5, 0.6) is 0 Å². The van der Waals surface area contributed by atoms with E-state index in [0.29, 0.717) is 0 Å². The van der Waals surface area contributed by atoms with Gasteiger partial charge < -0.3 is 9.47 Å². The average Bonchev–Trinajstić information content (AvgIpc) is 2.34. The number of rotatable bonds is 1. The highest BCUT2D eigenvalue weighted by atomic mass is 19.4. The molecule has 1 fully saturated rings. The third-order valence-corrected chi connectivity index (χ3v) is 1.37. The number of cyclic esters (lactones) is 1. The fourth-order valence-corrected chi connectivity index (χ4v) is 0.780. The summed E-state index contributed by atoms with van der Waals surface area (Å²) in [4.78, 5) is 20.8. The van der Waals surface area contributed by atoms with E-state index in [2.05, 4.69) is 9.47 Å². The van der Waals surface area contributed by atoms with Crippen molar-refractivity contribution >= 4 is 11.9 Å². The summed E-state index contributed by atoms with van der Waals surface area (Å²) in [5.74, 6) is -3.30. The van der Waals surface area contributed by atoms with Crippen LogP contribution in [0.1, 0.15) is 6.42 Å². The highest BCUT2D eigenvalue weighted by molar-refractivity contribution is 5.82. The Bertz CT molecular complexity index is 235. The molecular formula is C6H5F3O4. The zero-order valence-corrected chi connectivity index (χ0v) is 6.26. The zero-order chi connectivity index (χ0) is 10.1. The smallest absolute Gasteiger partial charge is 0.463 e. The summed E-state index contributed by atoms with van der Waals surface area (Å²) < 4.78 is 43.0. The van der Waals surface area contributed by atoms with E-state index in [4.69, 9.17) is 0 Å². The molecule has 0 bridgehead atoms. The average molecular weight is 198 g/mol. The van der Waals surface area contributed by atoms with Crippen LogP contribution in [-0.4, -0.2) is 30.8 Å². The Morgan fingerprint density at radius 1 is 1.54 bits per heavy atom. The molecule has 74 valence electrons. The molecule has 0 aromatic rings. The largest absolute Gasteiger partial charge is 0.490 e. The van der Waals surface area contributed by atoms with Crippen molar-refractivity contribution in [2.75, 3.05) is 6.61 Å². The predicted molar refractivity (Wildman–Crippen MR) is 31.5 cm³/mol. The van der Waals surface area contributed by atoms with Crippen LogP contribution in [-0.2, 0) is 19.1 Å². The van der Waals surface area contributed by atoms with Crippen LogP contribution in [0.15, 0.2) is 0 Å². The van der Waals surface area contributed by atoms with Gasteiger partial charge in [0.05, 0.1) is 6.61 Å². The van der Waals surface area contributed by atoms with Crippen molar-refractivity contribution < 1.29 is 32.2 Å². The SMILES string of the molecule is O=C1OCCC1OC(=O)C(F)(F)F. The molecule has 1 saturated heterocycles. The first-order chi connectivity index (χ1) is 5.91.